The van der Waals surface area contributed by atoms with E-state index in [0.717, 1.165) is 33.0 Å². The van der Waals surface area contributed by atoms with E-state index in [0.29, 0.717) is 5.69 Å². The zero-order valence-corrected chi connectivity index (χ0v) is 18.6. The van der Waals surface area contributed by atoms with Crippen molar-refractivity contribution in [2.45, 2.75) is 26.4 Å². The maximum atomic E-state index is 13.1. The Morgan fingerprint density at radius 2 is 1.59 bits per heavy atom. The molecule has 2 heterocycles. The second kappa shape index (κ2) is 8.15. The predicted molar refractivity (Wildman–Crippen MR) is 131 cm³/mol. The van der Waals surface area contributed by atoms with Crippen molar-refractivity contribution in [3.8, 4) is 0 Å². The predicted octanol–water partition coefficient (Wildman–Crippen LogP) is 4.42. The van der Waals surface area contributed by atoms with Gasteiger partial charge in [-0.25, -0.2) is 9.48 Å². The van der Waals surface area contributed by atoms with Gasteiger partial charge in [0.05, 0.1) is 5.39 Å². The van der Waals surface area contributed by atoms with E-state index in [1.165, 1.54) is 19.1 Å². The van der Waals surface area contributed by atoms with E-state index in [1.807, 2.05) is 36.4 Å². The molecule has 1 atom stereocenters. The lowest BCUT2D eigenvalue weighted by Gasteiger charge is -2.16. The first-order valence-corrected chi connectivity index (χ1v) is 11.0. The lowest BCUT2D eigenvalue weighted by atomic mass is 10.1. The van der Waals surface area contributed by atoms with Crippen LogP contribution in [0.3, 0.4) is 0 Å². The van der Waals surface area contributed by atoms with Crippen LogP contribution < -0.4 is 10.9 Å². The second-order valence-electron chi connectivity index (χ2n) is 8.11. The van der Waals surface area contributed by atoms with Crippen LogP contribution in [-0.2, 0) is 11.3 Å². The van der Waals surface area contributed by atoms with Gasteiger partial charge in [-0.2, -0.15) is 5.10 Å². The molecule has 8 nitrogen and oxygen atoms in total. The first kappa shape index (κ1) is 21.4. The minimum Gasteiger partial charge on any atom is -0.476 e. The Kier molecular flexibility index (Phi) is 5.13. The number of aromatic nitrogens is 3. The molecule has 0 radical (unpaired) electrons. The second-order valence-corrected chi connectivity index (χ2v) is 8.11. The zero-order chi connectivity index (χ0) is 24.0. The summed E-state index contributed by atoms with van der Waals surface area (Å²) in [6, 6.07) is 19.1. The Morgan fingerprint density at radius 1 is 0.941 bits per heavy atom. The first-order valence-electron chi connectivity index (χ1n) is 11.0. The number of nitrogens with zero attached hydrogens (tertiary/aromatic N) is 3. The maximum Gasteiger partial charge on any atom is 0.357 e. The molecule has 0 saturated heterocycles. The zero-order valence-electron chi connectivity index (χ0n) is 18.6. The molecule has 1 unspecified atom stereocenters. The number of aromatic carboxylic acids is 1. The highest BCUT2D eigenvalue weighted by molar-refractivity contribution is 6.10. The smallest absolute Gasteiger partial charge is 0.357 e. The number of carboxylic acid groups (broad SMARTS) is 1. The van der Waals surface area contributed by atoms with Crippen molar-refractivity contribution in [2.75, 3.05) is 5.32 Å². The van der Waals surface area contributed by atoms with E-state index in [9.17, 15) is 19.5 Å². The normalized spacial score (nSPS) is 12.3. The third kappa shape index (κ3) is 3.31. The van der Waals surface area contributed by atoms with Gasteiger partial charge in [-0.15, -0.1) is 0 Å². The van der Waals surface area contributed by atoms with Crippen LogP contribution in [0.2, 0.25) is 0 Å². The van der Waals surface area contributed by atoms with Crippen LogP contribution in [0, 0.1) is 0 Å². The van der Waals surface area contributed by atoms with Gasteiger partial charge in [0.15, 0.2) is 5.69 Å². The Hall–Kier alpha value is -4.46. The van der Waals surface area contributed by atoms with Crippen LogP contribution >= 0.6 is 0 Å². The van der Waals surface area contributed by atoms with Crippen LogP contribution in [-0.4, -0.2) is 31.3 Å². The minimum absolute atomic E-state index is 0.198. The number of hydrogen-bond acceptors (Lipinski definition) is 4. The topological polar surface area (TPSA) is 106 Å². The average Bonchev–Trinajstić information content (AvgIpc) is 3.16. The summed E-state index contributed by atoms with van der Waals surface area (Å²) in [6.45, 7) is 4.42. The van der Waals surface area contributed by atoms with Gasteiger partial charge in [0.25, 0.3) is 5.56 Å². The van der Waals surface area contributed by atoms with Crippen molar-refractivity contribution < 1.29 is 14.7 Å². The third-order valence-electron chi connectivity index (χ3n) is 6.13. The molecule has 5 aromatic rings. The van der Waals surface area contributed by atoms with E-state index in [1.54, 1.807) is 12.1 Å². The number of carbonyl (C=O) groups excluding carboxylic acids is 1. The Balaban J connectivity index is 1.53. The van der Waals surface area contributed by atoms with Crippen molar-refractivity contribution >= 4 is 50.1 Å². The van der Waals surface area contributed by atoms with Gasteiger partial charge in [0, 0.05) is 39.4 Å². The Morgan fingerprint density at radius 3 is 2.29 bits per heavy atom. The van der Waals surface area contributed by atoms with Gasteiger partial charge < -0.3 is 15.0 Å². The van der Waals surface area contributed by atoms with Crippen molar-refractivity contribution in [1.82, 2.24) is 14.3 Å². The number of para-hydroxylation sites is 1. The highest BCUT2D eigenvalue weighted by Gasteiger charge is 2.23. The maximum absolute atomic E-state index is 13.1. The Labute approximate surface area is 194 Å². The summed E-state index contributed by atoms with van der Waals surface area (Å²) in [4.78, 5) is 37.8. The monoisotopic (exact) mass is 454 g/mol. The van der Waals surface area contributed by atoms with Crippen LogP contribution in [0.25, 0.3) is 32.6 Å². The van der Waals surface area contributed by atoms with Gasteiger partial charge in [-0.3, -0.25) is 9.59 Å². The summed E-state index contributed by atoms with van der Waals surface area (Å²) in [5.41, 5.74) is 1.96. The van der Waals surface area contributed by atoms with E-state index < -0.39 is 23.5 Å². The first-order chi connectivity index (χ1) is 16.4. The molecule has 0 aliphatic carbocycles. The standard InChI is InChI=1S/C26H22N4O4/c1-3-29-21-11-7-6-8-17(21)20-14-16(12-13-22(20)29)27-24(31)15(2)30-25(32)19-10-5-4-9-18(19)23(28-30)26(33)34/h4-15H,3H2,1-2H3,(H,27,31)(H,33,34). The molecule has 0 aliphatic heterocycles. The van der Waals surface area contributed by atoms with Gasteiger partial charge >= 0.3 is 5.97 Å². The summed E-state index contributed by atoms with van der Waals surface area (Å²) in [5, 5.41) is 19.0. The van der Waals surface area contributed by atoms with Crippen LogP contribution in [0.1, 0.15) is 30.4 Å². The summed E-state index contributed by atoms with van der Waals surface area (Å²) in [6.07, 6.45) is 0. The molecule has 2 N–H and O–H groups in total. The van der Waals surface area contributed by atoms with Crippen LogP contribution in [0.5, 0.6) is 0 Å². The largest absolute Gasteiger partial charge is 0.476 e. The Bertz CT molecular complexity index is 1660. The number of carboxylic acids is 1. The fourth-order valence-corrected chi connectivity index (χ4v) is 4.46. The molecule has 2 aromatic heterocycles. The molecule has 0 aliphatic rings. The fourth-order valence-electron chi connectivity index (χ4n) is 4.46. The number of benzene rings is 3. The van der Waals surface area contributed by atoms with E-state index in [4.69, 9.17) is 0 Å². The highest BCUT2D eigenvalue weighted by Crippen LogP contribution is 2.31. The number of amides is 1. The summed E-state index contributed by atoms with van der Waals surface area (Å²) in [5.74, 6) is -1.74. The van der Waals surface area contributed by atoms with E-state index >= 15 is 0 Å². The summed E-state index contributed by atoms with van der Waals surface area (Å²) < 4.78 is 3.15. The molecule has 5 rings (SSSR count). The number of carbonyl (C=O) groups is 2. The SMILES string of the molecule is CCn1c2ccccc2c2cc(NC(=O)C(C)n3nc(C(=O)O)c4ccccc4c3=O)ccc21. The molecule has 1 amide bonds. The number of rotatable bonds is 5. The average molecular weight is 454 g/mol. The van der Waals surface area contributed by atoms with Crippen LogP contribution in [0.4, 0.5) is 5.69 Å². The van der Waals surface area contributed by atoms with E-state index in [-0.39, 0.29) is 16.5 Å². The molecule has 0 saturated carbocycles. The summed E-state index contributed by atoms with van der Waals surface area (Å²) >= 11 is 0. The van der Waals surface area contributed by atoms with Gasteiger partial charge in [-0.05, 0) is 44.2 Å². The third-order valence-corrected chi connectivity index (χ3v) is 6.13. The number of hydrogen-bond donors (Lipinski definition) is 2. The summed E-state index contributed by atoms with van der Waals surface area (Å²) in [7, 11) is 0. The van der Waals surface area contributed by atoms with Crippen LogP contribution in [0.15, 0.2) is 71.5 Å². The molecule has 0 bridgehead atoms. The van der Waals surface area contributed by atoms with Crippen molar-refractivity contribution in [3.05, 3.63) is 82.8 Å². The van der Waals surface area contributed by atoms with Gasteiger partial charge in [-0.1, -0.05) is 36.4 Å². The lowest BCUT2D eigenvalue weighted by Crippen LogP contribution is -2.34. The molecule has 34 heavy (non-hydrogen) atoms. The fraction of sp³-hybridized carbons (Fsp3) is 0.154. The number of aryl methyl sites for hydroxylation is 1. The molecular weight excluding hydrogens is 432 g/mol. The van der Waals surface area contributed by atoms with E-state index in [2.05, 4.69) is 28.0 Å². The quantitative estimate of drug-likeness (QED) is 0.409. The van der Waals surface area contributed by atoms with Crippen molar-refractivity contribution in [2.24, 2.45) is 0 Å². The van der Waals surface area contributed by atoms with Crippen molar-refractivity contribution in [3.63, 3.8) is 0 Å². The molecule has 170 valence electrons. The lowest BCUT2D eigenvalue weighted by molar-refractivity contribution is -0.119. The molecular formula is C26H22N4O4. The molecule has 0 fully saturated rings. The van der Waals surface area contributed by atoms with Gasteiger partial charge in [0.1, 0.15) is 6.04 Å². The highest BCUT2D eigenvalue weighted by atomic mass is 16.4. The number of anilines is 1. The minimum atomic E-state index is -1.27. The molecule has 0 spiro atoms. The molecule has 8 heteroatoms. The number of fused-ring (bicyclic) bond motifs is 4. The van der Waals surface area contributed by atoms with Crippen molar-refractivity contribution in [1.29, 1.82) is 0 Å². The number of nitrogens with one attached hydrogen (secondary N) is 1. The van der Waals surface area contributed by atoms with Gasteiger partial charge in [0.2, 0.25) is 5.91 Å². The molecule has 3 aromatic carbocycles.